The number of phenolic OH excluding ortho intramolecular Hbond substituents is 1. The summed E-state index contributed by atoms with van der Waals surface area (Å²) in [5.41, 5.74) is 2.97. The van der Waals surface area contributed by atoms with E-state index in [-0.39, 0.29) is 0 Å². The topological polar surface area (TPSA) is 38.0 Å². The van der Waals surface area contributed by atoms with Crippen LogP contribution in [0.25, 0.3) is 11.4 Å². The molecule has 1 aromatic heterocycles. The van der Waals surface area contributed by atoms with Crippen molar-refractivity contribution in [3.63, 3.8) is 0 Å². The lowest BCUT2D eigenvalue weighted by atomic mass is 9.98. The van der Waals surface area contributed by atoms with E-state index in [1.54, 1.807) is 12.3 Å². The Labute approximate surface area is 148 Å². The number of hydrogen-bond acceptors (Lipinski definition) is 2. The minimum atomic E-state index is 0.304. The van der Waals surface area contributed by atoms with Crippen molar-refractivity contribution >= 4 is 27.5 Å². The number of aromatic nitrogens is 2. The van der Waals surface area contributed by atoms with Gasteiger partial charge in [-0.15, -0.1) is 0 Å². The van der Waals surface area contributed by atoms with Crippen LogP contribution >= 0.6 is 27.5 Å². The summed E-state index contributed by atoms with van der Waals surface area (Å²) in [5.74, 6) is 1.19. The second-order valence-corrected chi connectivity index (χ2v) is 6.72. The molecule has 0 aliphatic carbocycles. The van der Waals surface area contributed by atoms with Gasteiger partial charge in [0.05, 0.1) is 0 Å². The summed E-state index contributed by atoms with van der Waals surface area (Å²) < 4.78 is 2.93. The smallest absolute Gasteiger partial charge is 0.139 e. The summed E-state index contributed by atoms with van der Waals surface area (Å²) in [7, 11) is 1.97. The molecule has 0 radical (unpaired) electrons. The maximum absolute atomic E-state index is 10.0. The van der Waals surface area contributed by atoms with Crippen LogP contribution in [0.2, 0.25) is 5.02 Å². The van der Waals surface area contributed by atoms with Gasteiger partial charge in [-0.2, -0.15) is 0 Å². The molecule has 3 rings (SSSR count). The van der Waals surface area contributed by atoms with E-state index in [0.29, 0.717) is 12.2 Å². The van der Waals surface area contributed by atoms with Crippen molar-refractivity contribution in [2.45, 2.75) is 12.8 Å². The zero-order valence-electron chi connectivity index (χ0n) is 12.6. The van der Waals surface area contributed by atoms with Gasteiger partial charge in [-0.3, -0.25) is 0 Å². The summed E-state index contributed by atoms with van der Waals surface area (Å²) in [5, 5.41) is 10.7. The van der Waals surface area contributed by atoms with E-state index >= 15 is 0 Å². The highest BCUT2D eigenvalue weighted by Crippen LogP contribution is 2.30. The summed E-state index contributed by atoms with van der Waals surface area (Å²) >= 11 is 9.87. The lowest BCUT2D eigenvalue weighted by molar-refractivity contribution is 0.468. The van der Waals surface area contributed by atoms with Gasteiger partial charge in [-0.05, 0) is 48.2 Å². The Hall–Kier alpha value is -1.78. The first-order valence-electron chi connectivity index (χ1n) is 7.28. The van der Waals surface area contributed by atoms with Crippen molar-refractivity contribution in [1.82, 2.24) is 9.55 Å². The van der Waals surface area contributed by atoms with Crippen LogP contribution in [0, 0.1) is 0 Å². The molecule has 118 valence electrons. The molecular formula is C18H16BrClN2O. The number of imidazole rings is 1. The van der Waals surface area contributed by atoms with Gasteiger partial charge in [0.1, 0.15) is 11.6 Å². The van der Waals surface area contributed by atoms with Crippen LogP contribution in [0.5, 0.6) is 5.75 Å². The highest BCUT2D eigenvalue weighted by molar-refractivity contribution is 9.10. The van der Waals surface area contributed by atoms with E-state index in [1.165, 1.54) is 0 Å². The molecular weight excluding hydrogens is 376 g/mol. The summed E-state index contributed by atoms with van der Waals surface area (Å²) in [4.78, 5) is 4.42. The molecule has 0 saturated carbocycles. The number of halogens is 2. The van der Waals surface area contributed by atoms with E-state index in [0.717, 1.165) is 38.4 Å². The van der Waals surface area contributed by atoms with Crippen LogP contribution < -0.4 is 0 Å². The van der Waals surface area contributed by atoms with E-state index in [1.807, 2.05) is 48.1 Å². The van der Waals surface area contributed by atoms with Crippen LogP contribution in [0.3, 0.4) is 0 Å². The lowest BCUT2D eigenvalue weighted by Gasteiger charge is -2.12. The monoisotopic (exact) mass is 390 g/mol. The number of aromatic hydroxyl groups is 1. The highest BCUT2D eigenvalue weighted by atomic mass is 79.9. The van der Waals surface area contributed by atoms with Gasteiger partial charge in [0, 0.05) is 34.5 Å². The molecule has 0 bridgehead atoms. The fraction of sp³-hybridized carbons (Fsp3) is 0.167. The van der Waals surface area contributed by atoms with Gasteiger partial charge >= 0.3 is 0 Å². The Morgan fingerprint density at radius 2 is 2.04 bits per heavy atom. The predicted octanol–water partition coefficient (Wildman–Crippen LogP) is 4.99. The molecule has 0 atom stereocenters. The molecule has 2 aromatic carbocycles. The van der Waals surface area contributed by atoms with Crippen molar-refractivity contribution in [2.24, 2.45) is 7.05 Å². The summed E-state index contributed by atoms with van der Waals surface area (Å²) in [6.07, 6.45) is 5.12. The number of hydrogen-bond donors (Lipinski definition) is 1. The highest BCUT2D eigenvalue weighted by Gasteiger charge is 2.13. The Bertz CT molecular complexity index is 845. The standard InChI is InChI=1S/C18H16BrClN2O/c1-22-10-9-21-18(22)15-3-2-4-16(20)14(15)7-5-12-11-13(19)6-8-17(12)23/h2-4,6,8-11,23H,5,7H2,1H3. The van der Waals surface area contributed by atoms with Crippen LogP contribution in [0.1, 0.15) is 11.1 Å². The predicted molar refractivity (Wildman–Crippen MR) is 96.9 cm³/mol. The van der Waals surface area contributed by atoms with Crippen molar-refractivity contribution in [3.8, 4) is 17.1 Å². The van der Waals surface area contributed by atoms with Crippen LogP contribution in [-0.2, 0) is 19.9 Å². The van der Waals surface area contributed by atoms with Gasteiger partial charge in [0.15, 0.2) is 0 Å². The summed E-state index contributed by atoms with van der Waals surface area (Å²) in [6, 6.07) is 11.3. The van der Waals surface area contributed by atoms with Gasteiger partial charge in [-0.25, -0.2) is 4.98 Å². The van der Waals surface area contributed by atoms with Gasteiger partial charge in [0.25, 0.3) is 0 Å². The quantitative estimate of drug-likeness (QED) is 0.680. The lowest BCUT2D eigenvalue weighted by Crippen LogP contribution is -2.00. The zero-order chi connectivity index (χ0) is 16.4. The molecule has 5 heteroatoms. The maximum atomic E-state index is 10.0. The van der Waals surface area contributed by atoms with Gasteiger partial charge < -0.3 is 9.67 Å². The number of aryl methyl sites for hydroxylation is 2. The first-order valence-corrected chi connectivity index (χ1v) is 8.46. The molecule has 1 N–H and O–H groups in total. The number of nitrogens with zero attached hydrogens (tertiary/aromatic N) is 2. The number of benzene rings is 2. The van der Waals surface area contributed by atoms with Crippen molar-refractivity contribution in [1.29, 1.82) is 0 Å². The van der Waals surface area contributed by atoms with E-state index in [9.17, 15) is 5.11 Å². The third-order valence-electron chi connectivity index (χ3n) is 3.87. The Kier molecular flexibility index (Phi) is 4.74. The van der Waals surface area contributed by atoms with Crippen LogP contribution in [-0.4, -0.2) is 14.7 Å². The normalized spacial score (nSPS) is 10.9. The molecule has 3 nitrogen and oxygen atoms in total. The fourth-order valence-corrected chi connectivity index (χ4v) is 3.34. The molecule has 0 amide bonds. The third-order valence-corrected chi connectivity index (χ3v) is 4.71. The van der Waals surface area contributed by atoms with Crippen molar-refractivity contribution in [2.75, 3.05) is 0 Å². The van der Waals surface area contributed by atoms with Crippen molar-refractivity contribution < 1.29 is 5.11 Å². The Morgan fingerprint density at radius 3 is 2.78 bits per heavy atom. The molecule has 0 fully saturated rings. The van der Waals surface area contributed by atoms with Crippen molar-refractivity contribution in [3.05, 3.63) is 69.4 Å². The Balaban J connectivity index is 1.94. The largest absolute Gasteiger partial charge is 0.508 e. The SMILES string of the molecule is Cn1ccnc1-c1cccc(Cl)c1CCc1cc(Br)ccc1O. The molecule has 0 saturated heterocycles. The molecule has 0 unspecified atom stereocenters. The fourth-order valence-electron chi connectivity index (χ4n) is 2.66. The molecule has 0 aliphatic rings. The Morgan fingerprint density at radius 1 is 1.22 bits per heavy atom. The average molecular weight is 392 g/mol. The second kappa shape index (κ2) is 6.77. The number of rotatable bonds is 4. The first kappa shape index (κ1) is 16.1. The van der Waals surface area contributed by atoms with Crippen LogP contribution in [0.15, 0.2) is 53.3 Å². The maximum Gasteiger partial charge on any atom is 0.139 e. The molecule has 0 aliphatic heterocycles. The van der Waals surface area contributed by atoms with Gasteiger partial charge in [0.2, 0.25) is 0 Å². The molecule has 3 aromatic rings. The average Bonchev–Trinajstić information content (AvgIpc) is 2.95. The summed E-state index contributed by atoms with van der Waals surface area (Å²) in [6.45, 7) is 0. The van der Waals surface area contributed by atoms with Gasteiger partial charge in [-0.1, -0.05) is 39.7 Å². The third kappa shape index (κ3) is 3.43. The molecule has 23 heavy (non-hydrogen) atoms. The minimum Gasteiger partial charge on any atom is -0.508 e. The van der Waals surface area contributed by atoms with Crippen LogP contribution in [0.4, 0.5) is 0 Å². The zero-order valence-corrected chi connectivity index (χ0v) is 15.0. The number of phenols is 1. The molecule has 1 heterocycles. The first-order chi connectivity index (χ1) is 11.1. The van der Waals surface area contributed by atoms with E-state index in [2.05, 4.69) is 20.9 Å². The van der Waals surface area contributed by atoms with E-state index in [4.69, 9.17) is 11.6 Å². The molecule has 0 spiro atoms. The second-order valence-electron chi connectivity index (χ2n) is 5.40. The minimum absolute atomic E-state index is 0.304. The van der Waals surface area contributed by atoms with E-state index < -0.39 is 0 Å².